The Labute approximate surface area is 89.5 Å². The van der Waals surface area contributed by atoms with Crippen LogP contribution in [-0.4, -0.2) is 12.0 Å². The smallest absolute Gasteiger partial charge is 0.195 e. The Morgan fingerprint density at radius 2 is 2.27 bits per heavy atom. The van der Waals surface area contributed by atoms with Crippen molar-refractivity contribution in [3.8, 4) is 0 Å². The number of oxazole rings is 1. The van der Waals surface area contributed by atoms with Gasteiger partial charge in [0.2, 0.25) is 0 Å². The third kappa shape index (κ3) is 2.18. The van der Waals surface area contributed by atoms with E-state index in [0.29, 0.717) is 0 Å². The monoisotopic (exact) mass is 204 g/mol. The van der Waals surface area contributed by atoms with Crippen LogP contribution in [0.1, 0.15) is 24.8 Å². The maximum Gasteiger partial charge on any atom is 0.195 e. The molecule has 0 aliphatic carbocycles. The van der Waals surface area contributed by atoms with Crippen molar-refractivity contribution in [3.05, 3.63) is 29.7 Å². The summed E-state index contributed by atoms with van der Waals surface area (Å²) in [5, 5.41) is 3.12. The van der Waals surface area contributed by atoms with Gasteiger partial charge in [0, 0.05) is 13.0 Å². The second kappa shape index (κ2) is 4.45. The van der Waals surface area contributed by atoms with Crippen LogP contribution in [-0.2, 0) is 13.0 Å². The largest absolute Gasteiger partial charge is 0.441 e. The van der Waals surface area contributed by atoms with Gasteiger partial charge in [0.05, 0.1) is 0 Å². The lowest BCUT2D eigenvalue weighted by Gasteiger charge is -1.97. The number of nitrogens with zero attached hydrogens (tertiary/aromatic N) is 1. The van der Waals surface area contributed by atoms with E-state index in [-0.39, 0.29) is 0 Å². The molecule has 0 spiro atoms. The summed E-state index contributed by atoms with van der Waals surface area (Å²) in [5.41, 5.74) is 3.09. The third-order valence-electron chi connectivity index (χ3n) is 2.34. The highest BCUT2D eigenvalue weighted by Crippen LogP contribution is 2.17. The van der Waals surface area contributed by atoms with Crippen LogP contribution >= 0.6 is 0 Å². The van der Waals surface area contributed by atoms with Crippen LogP contribution in [0, 0.1) is 0 Å². The molecule has 15 heavy (non-hydrogen) atoms. The molecule has 1 N–H and O–H groups in total. The molecule has 2 aromatic rings. The SMILES string of the molecule is CCCc1nc2cc(CNC)ccc2o1. The lowest BCUT2D eigenvalue weighted by Crippen LogP contribution is -2.04. The third-order valence-corrected chi connectivity index (χ3v) is 2.34. The minimum Gasteiger partial charge on any atom is -0.441 e. The van der Waals surface area contributed by atoms with Gasteiger partial charge in [0.15, 0.2) is 11.5 Å². The van der Waals surface area contributed by atoms with E-state index in [1.807, 2.05) is 13.1 Å². The second-order valence-electron chi connectivity index (χ2n) is 3.69. The molecule has 80 valence electrons. The molecule has 3 heteroatoms. The van der Waals surface area contributed by atoms with Crippen molar-refractivity contribution in [2.24, 2.45) is 0 Å². The molecular weight excluding hydrogens is 188 g/mol. The summed E-state index contributed by atoms with van der Waals surface area (Å²) in [6, 6.07) is 6.14. The first-order valence-corrected chi connectivity index (χ1v) is 5.36. The topological polar surface area (TPSA) is 38.1 Å². The van der Waals surface area contributed by atoms with Crippen LogP contribution in [0.5, 0.6) is 0 Å². The van der Waals surface area contributed by atoms with Gasteiger partial charge in [-0.2, -0.15) is 0 Å². The van der Waals surface area contributed by atoms with E-state index in [2.05, 4.69) is 29.4 Å². The van der Waals surface area contributed by atoms with E-state index < -0.39 is 0 Å². The van der Waals surface area contributed by atoms with Gasteiger partial charge < -0.3 is 9.73 Å². The van der Waals surface area contributed by atoms with E-state index in [4.69, 9.17) is 4.42 Å². The Morgan fingerprint density at radius 3 is 3.00 bits per heavy atom. The van der Waals surface area contributed by atoms with Crippen LogP contribution in [0.15, 0.2) is 22.6 Å². The van der Waals surface area contributed by atoms with Crippen LogP contribution in [0.2, 0.25) is 0 Å². The zero-order chi connectivity index (χ0) is 10.7. The molecule has 1 heterocycles. The molecule has 0 unspecified atom stereocenters. The minimum absolute atomic E-state index is 0.842. The average molecular weight is 204 g/mol. The van der Waals surface area contributed by atoms with Crippen LogP contribution in [0.3, 0.4) is 0 Å². The van der Waals surface area contributed by atoms with Crippen molar-refractivity contribution in [1.29, 1.82) is 0 Å². The lowest BCUT2D eigenvalue weighted by molar-refractivity contribution is 0.525. The summed E-state index contributed by atoms with van der Waals surface area (Å²) >= 11 is 0. The maximum absolute atomic E-state index is 5.61. The predicted octanol–water partition coefficient (Wildman–Crippen LogP) is 2.50. The lowest BCUT2D eigenvalue weighted by atomic mass is 10.2. The average Bonchev–Trinajstić information content (AvgIpc) is 2.60. The van der Waals surface area contributed by atoms with E-state index in [9.17, 15) is 0 Å². The van der Waals surface area contributed by atoms with Crippen molar-refractivity contribution >= 4 is 11.1 Å². The second-order valence-corrected chi connectivity index (χ2v) is 3.69. The van der Waals surface area contributed by atoms with Crippen LogP contribution in [0.25, 0.3) is 11.1 Å². The van der Waals surface area contributed by atoms with Gasteiger partial charge in [0.1, 0.15) is 5.52 Å². The molecule has 0 bridgehead atoms. The first-order valence-electron chi connectivity index (χ1n) is 5.36. The van der Waals surface area contributed by atoms with E-state index in [0.717, 1.165) is 36.4 Å². The van der Waals surface area contributed by atoms with Gasteiger partial charge >= 0.3 is 0 Å². The Bertz CT molecular complexity index is 444. The Kier molecular flexibility index (Phi) is 3.02. The molecule has 0 radical (unpaired) electrons. The van der Waals surface area contributed by atoms with E-state index in [1.54, 1.807) is 0 Å². The zero-order valence-electron chi connectivity index (χ0n) is 9.21. The highest BCUT2D eigenvalue weighted by atomic mass is 16.3. The zero-order valence-corrected chi connectivity index (χ0v) is 9.21. The molecular formula is C12H16N2O. The van der Waals surface area contributed by atoms with Gasteiger partial charge in [0.25, 0.3) is 0 Å². The number of hydrogen-bond acceptors (Lipinski definition) is 3. The highest BCUT2D eigenvalue weighted by Gasteiger charge is 2.04. The number of fused-ring (bicyclic) bond motifs is 1. The highest BCUT2D eigenvalue weighted by molar-refractivity contribution is 5.73. The van der Waals surface area contributed by atoms with Crippen molar-refractivity contribution < 1.29 is 4.42 Å². The van der Waals surface area contributed by atoms with Gasteiger partial charge in [-0.3, -0.25) is 0 Å². The van der Waals surface area contributed by atoms with Gasteiger partial charge in [-0.15, -0.1) is 0 Å². The molecule has 0 atom stereocenters. The molecule has 0 aliphatic heterocycles. The number of aromatic nitrogens is 1. The van der Waals surface area contributed by atoms with Crippen LogP contribution in [0.4, 0.5) is 0 Å². The van der Waals surface area contributed by atoms with E-state index in [1.165, 1.54) is 5.56 Å². The summed E-state index contributed by atoms with van der Waals surface area (Å²) in [7, 11) is 1.94. The fourth-order valence-electron chi connectivity index (χ4n) is 1.66. The number of nitrogens with one attached hydrogen (secondary N) is 1. The van der Waals surface area contributed by atoms with Crippen molar-refractivity contribution in [3.63, 3.8) is 0 Å². The molecule has 3 nitrogen and oxygen atoms in total. The first kappa shape index (κ1) is 10.2. The molecule has 0 saturated heterocycles. The molecule has 0 saturated carbocycles. The minimum atomic E-state index is 0.842. The molecule has 0 fully saturated rings. The van der Waals surface area contributed by atoms with Crippen LogP contribution < -0.4 is 5.32 Å². The van der Waals surface area contributed by atoms with E-state index >= 15 is 0 Å². The molecule has 0 aliphatic rings. The van der Waals surface area contributed by atoms with Crippen molar-refractivity contribution in [2.75, 3.05) is 7.05 Å². The van der Waals surface area contributed by atoms with Crippen molar-refractivity contribution in [1.82, 2.24) is 10.3 Å². The fraction of sp³-hybridized carbons (Fsp3) is 0.417. The Morgan fingerprint density at radius 1 is 1.40 bits per heavy atom. The Hall–Kier alpha value is -1.35. The molecule has 0 amide bonds. The quantitative estimate of drug-likeness (QED) is 0.831. The molecule has 1 aromatic carbocycles. The number of rotatable bonds is 4. The number of benzene rings is 1. The van der Waals surface area contributed by atoms with Gasteiger partial charge in [-0.25, -0.2) is 4.98 Å². The summed E-state index contributed by atoms with van der Waals surface area (Å²) in [5.74, 6) is 0.842. The standard InChI is InChI=1S/C12H16N2O/c1-3-4-12-14-10-7-9(8-13-2)5-6-11(10)15-12/h5-7,13H,3-4,8H2,1-2H3. The maximum atomic E-state index is 5.61. The van der Waals surface area contributed by atoms with Gasteiger partial charge in [-0.05, 0) is 31.2 Å². The summed E-state index contributed by atoms with van der Waals surface area (Å²) in [6.07, 6.45) is 1.98. The summed E-state index contributed by atoms with van der Waals surface area (Å²) in [6.45, 7) is 2.99. The Balaban J connectivity index is 2.34. The van der Waals surface area contributed by atoms with Gasteiger partial charge in [-0.1, -0.05) is 13.0 Å². The molecule has 1 aromatic heterocycles. The van der Waals surface area contributed by atoms with Crippen molar-refractivity contribution in [2.45, 2.75) is 26.3 Å². The number of hydrogen-bond donors (Lipinski definition) is 1. The first-order chi connectivity index (χ1) is 7.33. The molecule has 2 rings (SSSR count). The predicted molar refractivity (Wildman–Crippen MR) is 60.8 cm³/mol. The number of aryl methyl sites for hydroxylation is 1. The summed E-state index contributed by atoms with van der Waals surface area (Å²) in [4.78, 5) is 4.45. The summed E-state index contributed by atoms with van der Waals surface area (Å²) < 4.78 is 5.61. The fourth-order valence-corrected chi connectivity index (χ4v) is 1.66. The normalized spacial score (nSPS) is 11.1.